The molecule has 0 saturated heterocycles. The summed E-state index contributed by atoms with van der Waals surface area (Å²) >= 11 is 0. The average Bonchev–Trinajstić information content (AvgIpc) is 2.52. The second kappa shape index (κ2) is 15.5. The largest absolute Gasteiger partial charge is 1.00 e. The van der Waals surface area contributed by atoms with Gasteiger partial charge in [-0.25, -0.2) is 4.79 Å². The number of carbonyl (C=O) groups is 1. The first-order chi connectivity index (χ1) is 10.5. The van der Waals surface area contributed by atoms with E-state index in [1.165, 1.54) is 63.2 Å². The van der Waals surface area contributed by atoms with Gasteiger partial charge in [-0.05, 0) is 26.2 Å². The topological polar surface area (TPSA) is 26.3 Å². The summed E-state index contributed by atoms with van der Waals surface area (Å²) in [6, 6.07) is 0. The van der Waals surface area contributed by atoms with Crippen LogP contribution in [0.15, 0.2) is 12.2 Å². The van der Waals surface area contributed by atoms with Gasteiger partial charge in [0.25, 0.3) is 0 Å². The lowest BCUT2D eigenvalue weighted by Gasteiger charge is -2.28. The molecule has 0 aromatic rings. The molecule has 0 saturated carbocycles. The fourth-order valence-electron chi connectivity index (χ4n) is 2.84. The van der Waals surface area contributed by atoms with Crippen molar-refractivity contribution in [3.05, 3.63) is 12.2 Å². The van der Waals surface area contributed by atoms with Crippen LogP contribution < -0.4 is 12.4 Å². The molecule has 138 valence electrons. The van der Waals surface area contributed by atoms with Gasteiger partial charge in [0, 0.05) is 19.3 Å². The standard InChI is InChI=1S/C19H38O2P.ClH/c1-6-9-14-22(15-10-7-2,16-11-8-3)17-12-13-21-19(20)18(4)5;/h4,6-17H2,1-3,5H3;1H/q+1;/p-1. The number of ether oxygens (including phenoxy) is 1. The molecule has 0 aliphatic carbocycles. The number of carbonyl (C=O) groups excluding carboxylic acids is 1. The molecule has 0 bridgehead atoms. The van der Waals surface area contributed by atoms with Crippen LogP contribution in [0.1, 0.15) is 72.6 Å². The van der Waals surface area contributed by atoms with Crippen molar-refractivity contribution >= 4 is 13.2 Å². The molecule has 0 N–H and O–H groups in total. The van der Waals surface area contributed by atoms with Crippen molar-refractivity contribution in [3.8, 4) is 0 Å². The maximum Gasteiger partial charge on any atom is 0.333 e. The lowest BCUT2D eigenvalue weighted by atomic mass is 10.4. The van der Waals surface area contributed by atoms with E-state index >= 15 is 0 Å². The molecule has 0 spiro atoms. The van der Waals surface area contributed by atoms with E-state index in [1.807, 2.05) is 0 Å². The molecule has 0 radical (unpaired) electrons. The second-order valence-corrected chi connectivity index (χ2v) is 11.0. The van der Waals surface area contributed by atoms with Crippen LogP contribution in [0.5, 0.6) is 0 Å². The third-order valence-electron chi connectivity index (χ3n) is 4.32. The molecule has 0 unspecified atom stereocenters. The van der Waals surface area contributed by atoms with Crippen LogP contribution in [0.3, 0.4) is 0 Å². The van der Waals surface area contributed by atoms with Crippen molar-refractivity contribution in [2.45, 2.75) is 72.6 Å². The van der Waals surface area contributed by atoms with E-state index in [2.05, 4.69) is 27.4 Å². The molecular weight excluding hydrogens is 327 g/mol. The number of hydrogen-bond acceptors (Lipinski definition) is 2. The lowest BCUT2D eigenvalue weighted by Crippen LogP contribution is -3.00. The minimum Gasteiger partial charge on any atom is -1.00 e. The average molecular weight is 365 g/mol. The smallest absolute Gasteiger partial charge is 0.333 e. The van der Waals surface area contributed by atoms with Crippen LogP contribution in [-0.4, -0.2) is 37.2 Å². The third-order valence-corrected chi connectivity index (χ3v) is 9.38. The van der Waals surface area contributed by atoms with Gasteiger partial charge >= 0.3 is 5.97 Å². The minimum absolute atomic E-state index is 0. The highest BCUT2D eigenvalue weighted by Crippen LogP contribution is 2.61. The minimum atomic E-state index is -0.843. The van der Waals surface area contributed by atoms with Crippen molar-refractivity contribution < 1.29 is 21.9 Å². The molecule has 2 nitrogen and oxygen atoms in total. The Kier molecular flexibility index (Phi) is 16.9. The molecule has 23 heavy (non-hydrogen) atoms. The summed E-state index contributed by atoms with van der Waals surface area (Å²) in [5.74, 6) is -0.236. The van der Waals surface area contributed by atoms with Gasteiger partial charge in [0.15, 0.2) is 0 Å². The van der Waals surface area contributed by atoms with Crippen LogP contribution in [-0.2, 0) is 9.53 Å². The summed E-state index contributed by atoms with van der Waals surface area (Å²) < 4.78 is 5.29. The summed E-state index contributed by atoms with van der Waals surface area (Å²) in [6.07, 6.45) is 14.7. The Labute approximate surface area is 151 Å². The number of hydrogen-bond donors (Lipinski definition) is 0. The Morgan fingerprint density at radius 1 is 0.870 bits per heavy atom. The normalized spacial score (nSPS) is 11.0. The van der Waals surface area contributed by atoms with Gasteiger partial charge < -0.3 is 17.1 Å². The summed E-state index contributed by atoms with van der Waals surface area (Å²) in [5.41, 5.74) is 0.504. The molecule has 0 aliphatic heterocycles. The Hall–Kier alpha value is -0.0700. The van der Waals surface area contributed by atoms with Crippen molar-refractivity contribution in [1.82, 2.24) is 0 Å². The SMILES string of the molecule is C=C(C)C(=O)OCCC[P+](CCCC)(CCCC)CCCC.[Cl-]. The van der Waals surface area contributed by atoms with Crippen LogP contribution in [0, 0.1) is 0 Å². The first-order valence-electron chi connectivity index (χ1n) is 9.19. The van der Waals surface area contributed by atoms with Gasteiger partial charge in [0.2, 0.25) is 0 Å². The Balaban J connectivity index is 0. The van der Waals surface area contributed by atoms with Gasteiger partial charge in [-0.2, -0.15) is 0 Å². The summed E-state index contributed by atoms with van der Waals surface area (Å²) in [5, 5.41) is 0. The number of halogens is 1. The van der Waals surface area contributed by atoms with Crippen molar-refractivity contribution in [2.75, 3.05) is 31.3 Å². The third kappa shape index (κ3) is 12.0. The van der Waals surface area contributed by atoms with Gasteiger partial charge in [0.1, 0.15) is 0 Å². The summed E-state index contributed by atoms with van der Waals surface area (Å²) in [4.78, 5) is 11.5. The summed E-state index contributed by atoms with van der Waals surface area (Å²) in [6.45, 7) is 12.8. The van der Waals surface area contributed by atoms with Gasteiger partial charge in [-0.15, -0.1) is 0 Å². The Morgan fingerprint density at radius 2 is 1.26 bits per heavy atom. The number of unbranched alkanes of at least 4 members (excludes halogenated alkanes) is 3. The van der Waals surface area contributed by atoms with Crippen LogP contribution >= 0.6 is 7.26 Å². The van der Waals surface area contributed by atoms with E-state index < -0.39 is 7.26 Å². The number of rotatable bonds is 14. The van der Waals surface area contributed by atoms with Crippen LogP contribution in [0.4, 0.5) is 0 Å². The predicted molar refractivity (Wildman–Crippen MR) is 102 cm³/mol. The molecule has 0 aromatic carbocycles. The van der Waals surface area contributed by atoms with E-state index in [0.29, 0.717) is 12.2 Å². The van der Waals surface area contributed by atoms with Crippen molar-refractivity contribution in [1.29, 1.82) is 0 Å². The van der Waals surface area contributed by atoms with E-state index in [0.717, 1.165) is 6.42 Å². The van der Waals surface area contributed by atoms with E-state index in [9.17, 15) is 4.79 Å². The molecule has 0 heterocycles. The Morgan fingerprint density at radius 3 is 1.61 bits per heavy atom. The maximum atomic E-state index is 11.5. The van der Waals surface area contributed by atoms with Crippen LogP contribution in [0.25, 0.3) is 0 Å². The van der Waals surface area contributed by atoms with Gasteiger partial charge in [-0.3, -0.25) is 0 Å². The monoisotopic (exact) mass is 364 g/mol. The van der Waals surface area contributed by atoms with Gasteiger partial charge in [0.05, 0.1) is 31.3 Å². The number of esters is 1. The van der Waals surface area contributed by atoms with Crippen LogP contribution in [0.2, 0.25) is 0 Å². The van der Waals surface area contributed by atoms with Crippen molar-refractivity contribution in [3.63, 3.8) is 0 Å². The zero-order chi connectivity index (χ0) is 16.8. The first-order valence-corrected chi connectivity index (χ1v) is 11.7. The predicted octanol–water partition coefficient (Wildman–Crippen LogP) is 2.92. The fourth-order valence-corrected chi connectivity index (χ4v) is 7.94. The van der Waals surface area contributed by atoms with E-state index in [-0.39, 0.29) is 18.4 Å². The Bertz CT molecular complexity index is 297. The molecule has 0 fully saturated rings. The molecule has 0 rings (SSSR count). The van der Waals surface area contributed by atoms with Gasteiger partial charge in [-0.1, -0.05) is 46.6 Å². The highest BCUT2D eigenvalue weighted by Gasteiger charge is 2.34. The highest BCUT2D eigenvalue weighted by atomic mass is 35.5. The molecule has 0 aliphatic rings. The molecule has 4 heteroatoms. The zero-order valence-corrected chi connectivity index (χ0v) is 17.5. The maximum absolute atomic E-state index is 11.5. The first kappa shape index (κ1) is 25.2. The highest BCUT2D eigenvalue weighted by molar-refractivity contribution is 7.75. The fraction of sp³-hybridized carbons (Fsp3) is 0.842. The summed E-state index contributed by atoms with van der Waals surface area (Å²) in [7, 11) is -0.843. The molecule has 0 amide bonds. The molecular formula is C19H38ClO2P. The zero-order valence-electron chi connectivity index (χ0n) is 15.8. The molecule has 0 aromatic heterocycles. The lowest BCUT2D eigenvalue weighted by molar-refractivity contribution is -0.138. The quantitative estimate of drug-likeness (QED) is 0.205. The van der Waals surface area contributed by atoms with E-state index in [1.54, 1.807) is 6.92 Å². The molecule has 0 atom stereocenters. The second-order valence-electron chi connectivity index (χ2n) is 6.57. The van der Waals surface area contributed by atoms with Crippen molar-refractivity contribution in [2.24, 2.45) is 0 Å². The van der Waals surface area contributed by atoms with E-state index in [4.69, 9.17) is 4.74 Å².